The summed E-state index contributed by atoms with van der Waals surface area (Å²) < 4.78 is 0. The number of rotatable bonds is 31. The van der Waals surface area contributed by atoms with E-state index in [0.29, 0.717) is 12.8 Å². The monoisotopic (exact) mass is 596 g/mol. The van der Waals surface area contributed by atoms with Crippen molar-refractivity contribution in [1.29, 1.82) is 0 Å². The quantitative estimate of drug-likeness (QED) is 0.0411. The normalized spacial score (nSPS) is 14.9. The average molecular weight is 596 g/mol. The van der Waals surface area contributed by atoms with Crippen molar-refractivity contribution in [1.82, 2.24) is 5.32 Å². The molecule has 42 heavy (non-hydrogen) atoms. The molecule has 0 aliphatic heterocycles. The Morgan fingerprint density at radius 1 is 0.619 bits per heavy atom. The Balaban J connectivity index is 3.69. The zero-order valence-corrected chi connectivity index (χ0v) is 27.5. The summed E-state index contributed by atoms with van der Waals surface area (Å²) in [5.41, 5.74) is 0. The fourth-order valence-electron chi connectivity index (χ4n) is 5.32. The number of hydrogen-bond acceptors (Lipinski definition) is 5. The van der Waals surface area contributed by atoms with Crippen LogP contribution in [-0.2, 0) is 4.79 Å². The number of nitrogens with one attached hydrogen (secondary N) is 1. The molecule has 6 heteroatoms. The van der Waals surface area contributed by atoms with Crippen LogP contribution in [-0.4, -0.2) is 57.3 Å². The molecule has 0 aromatic rings. The molecule has 1 amide bonds. The molecule has 4 atom stereocenters. The minimum absolute atomic E-state index is 0.368. The lowest BCUT2D eigenvalue weighted by molar-refractivity contribution is -0.132. The summed E-state index contributed by atoms with van der Waals surface area (Å²) in [7, 11) is 0. The van der Waals surface area contributed by atoms with Crippen LogP contribution in [0.2, 0.25) is 0 Å². The van der Waals surface area contributed by atoms with E-state index in [1.54, 1.807) is 0 Å². The molecule has 5 N–H and O–H groups in total. The van der Waals surface area contributed by atoms with E-state index in [1.807, 2.05) is 0 Å². The number of aliphatic hydroxyl groups excluding tert-OH is 4. The van der Waals surface area contributed by atoms with Gasteiger partial charge >= 0.3 is 0 Å². The second-order valence-corrected chi connectivity index (χ2v) is 12.2. The van der Waals surface area contributed by atoms with E-state index in [0.717, 1.165) is 51.4 Å². The Morgan fingerprint density at radius 3 is 1.62 bits per heavy atom. The van der Waals surface area contributed by atoms with Crippen molar-refractivity contribution in [2.24, 2.45) is 0 Å². The molecule has 0 aromatic heterocycles. The van der Waals surface area contributed by atoms with Crippen LogP contribution in [0.1, 0.15) is 168 Å². The van der Waals surface area contributed by atoms with Gasteiger partial charge in [0.15, 0.2) is 0 Å². The predicted octanol–water partition coefficient (Wildman–Crippen LogP) is 8.06. The highest BCUT2D eigenvalue weighted by molar-refractivity contribution is 5.80. The maximum absolute atomic E-state index is 12.4. The molecule has 0 spiro atoms. The maximum atomic E-state index is 12.4. The number of amides is 1. The fourth-order valence-corrected chi connectivity index (χ4v) is 5.32. The smallest absolute Gasteiger partial charge is 0.249 e. The second kappa shape index (κ2) is 31.2. The van der Waals surface area contributed by atoms with Crippen LogP contribution >= 0.6 is 0 Å². The lowest BCUT2D eigenvalue weighted by Gasteiger charge is -2.27. The molecule has 0 heterocycles. The summed E-state index contributed by atoms with van der Waals surface area (Å²) in [4.78, 5) is 12.4. The number of carbonyl (C=O) groups excluding carboxylic acids is 1. The third kappa shape index (κ3) is 25.3. The Labute approximate surface area is 259 Å². The first kappa shape index (κ1) is 40.8. The van der Waals surface area contributed by atoms with Crippen molar-refractivity contribution in [3.05, 3.63) is 24.3 Å². The molecule has 0 saturated carbocycles. The molecular weight excluding hydrogens is 526 g/mol. The van der Waals surface area contributed by atoms with Gasteiger partial charge < -0.3 is 25.7 Å². The highest BCUT2D eigenvalue weighted by atomic mass is 16.3. The van der Waals surface area contributed by atoms with Crippen LogP contribution < -0.4 is 5.32 Å². The van der Waals surface area contributed by atoms with Crippen LogP contribution in [0.4, 0.5) is 0 Å². The van der Waals surface area contributed by atoms with Gasteiger partial charge in [-0.15, -0.1) is 0 Å². The SMILES string of the molecule is CC/C=C\C/C=C\CCCCCCCCCCCCCCCC(O)C(=O)NC(CO)C(O)C(O)CCCCCCCC. The first-order chi connectivity index (χ1) is 20.5. The number of allylic oxidation sites excluding steroid dienone is 4. The van der Waals surface area contributed by atoms with Crippen LogP contribution in [0, 0.1) is 0 Å². The molecule has 4 unspecified atom stereocenters. The molecule has 0 radical (unpaired) electrons. The van der Waals surface area contributed by atoms with Gasteiger partial charge in [-0.05, 0) is 38.5 Å². The molecule has 0 saturated heterocycles. The van der Waals surface area contributed by atoms with Crippen molar-refractivity contribution in [3.63, 3.8) is 0 Å². The number of carbonyl (C=O) groups is 1. The Hall–Kier alpha value is -1.21. The zero-order valence-electron chi connectivity index (χ0n) is 27.5. The van der Waals surface area contributed by atoms with Crippen LogP contribution in [0.15, 0.2) is 24.3 Å². The summed E-state index contributed by atoms with van der Waals surface area (Å²) in [5, 5.41) is 43.1. The summed E-state index contributed by atoms with van der Waals surface area (Å²) in [6.45, 7) is 3.85. The van der Waals surface area contributed by atoms with E-state index in [-0.39, 0.29) is 0 Å². The Morgan fingerprint density at radius 2 is 1.10 bits per heavy atom. The second-order valence-electron chi connectivity index (χ2n) is 12.2. The van der Waals surface area contributed by atoms with Crippen molar-refractivity contribution in [3.8, 4) is 0 Å². The van der Waals surface area contributed by atoms with E-state index in [1.165, 1.54) is 89.9 Å². The predicted molar refractivity (Wildman–Crippen MR) is 177 cm³/mol. The van der Waals surface area contributed by atoms with Crippen LogP contribution in [0.3, 0.4) is 0 Å². The molecule has 0 fully saturated rings. The van der Waals surface area contributed by atoms with Crippen molar-refractivity contribution < 1.29 is 25.2 Å². The molecule has 0 aliphatic rings. The first-order valence-electron chi connectivity index (χ1n) is 17.7. The van der Waals surface area contributed by atoms with E-state index < -0.39 is 36.9 Å². The average Bonchev–Trinajstić information content (AvgIpc) is 2.99. The van der Waals surface area contributed by atoms with Gasteiger partial charge in [0, 0.05) is 0 Å². The van der Waals surface area contributed by atoms with Crippen molar-refractivity contribution in [2.75, 3.05) is 6.61 Å². The third-order valence-corrected chi connectivity index (χ3v) is 8.18. The lowest BCUT2D eigenvalue weighted by Crippen LogP contribution is -2.53. The Kier molecular flexibility index (Phi) is 30.3. The molecular formula is C36H69NO5. The molecule has 0 aromatic carbocycles. The molecule has 6 nitrogen and oxygen atoms in total. The van der Waals surface area contributed by atoms with Gasteiger partial charge in [-0.25, -0.2) is 0 Å². The first-order valence-corrected chi connectivity index (χ1v) is 17.7. The third-order valence-electron chi connectivity index (χ3n) is 8.18. The standard InChI is InChI=1S/C36H69NO5/c1-3-5-7-9-11-12-13-14-15-16-17-18-19-20-21-22-23-24-26-28-30-34(40)36(42)37-32(31-38)35(41)33(39)29-27-25-10-8-6-4-2/h5,7,11-12,32-35,38-41H,3-4,6,8-10,13-31H2,1-2H3,(H,37,42)/b7-5-,12-11-. The van der Waals surface area contributed by atoms with E-state index in [9.17, 15) is 25.2 Å². The number of hydrogen-bond donors (Lipinski definition) is 5. The van der Waals surface area contributed by atoms with E-state index in [2.05, 4.69) is 43.5 Å². The lowest BCUT2D eigenvalue weighted by atomic mass is 9.99. The molecule has 0 rings (SSSR count). The van der Waals surface area contributed by atoms with Gasteiger partial charge in [0.2, 0.25) is 5.91 Å². The van der Waals surface area contributed by atoms with Crippen LogP contribution in [0.5, 0.6) is 0 Å². The number of aliphatic hydroxyl groups is 4. The topological polar surface area (TPSA) is 110 Å². The van der Waals surface area contributed by atoms with Gasteiger partial charge in [-0.3, -0.25) is 4.79 Å². The molecule has 0 aliphatic carbocycles. The van der Waals surface area contributed by atoms with Crippen molar-refractivity contribution in [2.45, 2.75) is 192 Å². The van der Waals surface area contributed by atoms with E-state index in [4.69, 9.17) is 0 Å². The van der Waals surface area contributed by atoms with Crippen LogP contribution in [0.25, 0.3) is 0 Å². The zero-order chi connectivity index (χ0) is 31.1. The van der Waals surface area contributed by atoms with Gasteiger partial charge in [0.1, 0.15) is 12.2 Å². The summed E-state index contributed by atoms with van der Waals surface area (Å²) >= 11 is 0. The fraction of sp³-hybridized carbons (Fsp3) is 0.861. The summed E-state index contributed by atoms with van der Waals surface area (Å²) in [5.74, 6) is -0.591. The molecule has 248 valence electrons. The van der Waals surface area contributed by atoms with Gasteiger partial charge in [-0.1, -0.05) is 154 Å². The summed E-state index contributed by atoms with van der Waals surface area (Å²) in [6.07, 6.45) is 32.3. The van der Waals surface area contributed by atoms with Gasteiger partial charge in [-0.2, -0.15) is 0 Å². The minimum Gasteiger partial charge on any atom is -0.394 e. The highest BCUT2D eigenvalue weighted by Crippen LogP contribution is 2.15. The Bertz CT molecular complexity index is 638. The summed E-state index contributed by atoms with van der Waals surface area (Å²) in [6, 6.07) is -0.979. The minimum atomic E-state index is -1.25. The highest BCUT2D eigenvalue weighted by Gasteiger charge is 2.28. The largest absolute Gasteiger partial charge is 0.394 e. The maximum Gasteiger partial charge on any atom is 0.249 e. The van der Waals surface area contributed by atoms with Crippen molar-refractivity contribution >= 4 is 5.91 Å². The molecule has 0 bridgehead atoms. The van der Waals surface area contributed by atoms with E-state index >= 15 is 0 Å². The number of unbranched alkanes of at least 4 members (excludes halogenated alkanes) is 18. The van der Waals surface area contributed by atoms with Gasteiger partial charge in [0.05, 0.1) is 18.8 Å². The van der Waals surface area contributed by atoms with Gasteiger partial charge in [0.25, 0.3) is 0 Å².